The number of carbonyl (C=O) groups is 1. The SMILES string of the molecule is CCOC(=O)c1ccc(N2CCCC2)c(N=Cc2ccccc2O)c1. The molecule has 130 valence electrons. The Bertz CT molecular complexity index is 780. The van der Waals surface area contributed by atoms with Crippen molar-refractivity contribution in [3.8, 4) is 5.75 Å². The van der Waals surface area contributed by atoms with E-state index in [-0.39, 0.29) is 11.7 Å². The average Bonchev–Trinajstić information content (AvgIpc) is 3.15. The molecule has 0 amide bonds. The number of ether oxygens (including phenoxy) is 1. The minimum Gasteiger partial charge on any atom is -0.507 e. The van der Waals surface area contributed by atoms with Crippen LogP contribution >= 0.6 is 0 Å². The lowest BCUT2D eigenvalue weighted by atomic mass is 10.1. The van der Waals surface area contributed by atoms with Gasteiger partial charge in [-0.05, 0) is 50.1 Å². The monoisotopic (exact) mass is 338 g/mol. The summed E-state index contributed by atoms with van der Waals surface area (Å²) < 4.78 is 5.09. The van der Waals surface area contributed by atoms with Crippen LogP contribution in [0.1, 0.15) is 35.7 Å². The van der Waals surface area contributed by atoms with Gasteiger partial charge >= 0.3 is 5.97 Å². The van der Waals surface area contributed by atoms with Gasteiger partial charge in [0.25, 0.3) is 0 Å². The quantitative estimate of drug-likeness (QED) is 0.663. The summed E-state index contributed by atoms with van der Waals surface area (Å²) >= 11 is 0. The predicted molar refractivity (Wildman–Crippen MR) is 99.2 cm³/mol. The van der Waals surface area contributed by atoms with E-state index in [0.717, 1.165) is 31.6 Å². The molecule has 5 heteroatoms. The van der Waals surface area contributed by atoms with Crippen molar-refractivity contribution in [2.24, 2.45) is 4.99 Å². The summed E-state index contributed by atoms with van der Waals surface area (Å²) in [7, 11) is 0. The number of phenolic OH excluding ortho intramolecular Hbond substituents is 1. The normalized spacial score (nSPS) is 14.2. The number of para-hydroxylation sites is 1. The van der Waals surface area contributed by atoms with Gasteiger partial charge in [0.15, 0.2) is 0 Å². The van der Waals surface area contributed by atoms with E-state index in [9.17, 15) is 9.90 Å². The first kappa shape index (κ1) is 17.0. The topological polar surface area (TPSA) is 62.1 Å². The highest BCUT2D eigenvalue weighted by Crippen LogP contribution is 2.32. The summed E-state index contributed by atoms with van der Waals surface area (Å²) in [6.07, 6.45) is 3.93. The molecule has 25 heavy (non-hydrogen) atoms. The summed E-state index contributed by atoms with van der Waals surface area (Å²) in [5, 5.41) is 9.91. The third-order valence-corrected chi connectivity index (χ3v) is 4.21. The number of anilines is 1. The third kappa shape index (κ3) is 3.99. The number of aromatic hydroxyl groups is 1. The Morgan fingerprint density at radius 3 is 2.72 bits per heavy atom. The van der Waals surface area contributed by atoms with Gasteiger partial charge in [-0.15, -0.1) is 0 Å². The van der Waals surface area contributed by atoms with Crippen molar-refractivity contribution in [2.45, 2.75) is 19.8 Å². The highest BCUT2D eigenvalue weighted by molar-refractivity contribution is 5.93. The van der Waals surface area contributed by atoms with E-state index in [1.807, 2.05) is 12.1 Å². The number of esters is 1. The van der Waals surface area contributed by atoms with Crippen LogP contribution in [0.3, 0.4) is 0 Å². The van der Waals surface area contributed by atoms with E-state index in [0.29, 0.717) is 23.4 Å². The summed E-state index contributed by atoms with van der Waals surface area (Å²) in [6.45, 7) is 4.09. The van der Waals surface area contributed by atoms with Crippen LogP contribution in [0, 0.1) is 0 Å². The second kappa shape index (κ2) is 7.83. The zero-order valence-electron chi connectivity index (χ0n) is 14.3. The first-order valence-electron chi connectivity index (χ1n) is 8.57. The lowest BCUT2D eigenvalue weighted by Gasteiger charge is -2.20. The molecule has 0 spiro atoms. The van der Waals surface area contributed by atoms with Crippen molar-refractivity contribution in [2.75, 3.05) is 24.6 Å². The van der Waals surface area contributed by atoms with Crippen LogP contribution in [0.25, 0.3) is 0 Å². The smallest absolute Gasteiger partial charge is 0.338 e. The molecule has 0 aliphatic carbocycles. The molecule has 2 aromatic carbocycles. The predicted octanol–water partition coefficient (Wildman–Crippen LogP) is 3.92. The first-order valence-corrected chi connectivity index (χ1v) is 8.57. The molecular weight excluding hydrogens is 316 g/mol. The van der Waals surface area contributed by atoms with Crippen molar-refractivity contribution in [3.05, 3.63) is 53.6 Å². The van der Waals surface area contributed by atoms with Gasteiger partial charge in [-0.3, -0.25) is 4.99 Å². The van der Waals surface area contributed by atoms with E-state index in [4.69, 9.17) is 4.74 Å². The molecular formula is C20H22N2O3. The summed E-state index contributed by atoms with van der Waals surface area (Å²) in [4.78, 5) is 18.9. The molecule has 0 aromatic heterocycles. The number of aliphatic imine (C=N–C) groups is 1. The minimum atomic E-state index is -0.352. The van der Waals surface area contributed by atoms with Gasteiger partial charge in [0.2, 0.25) is 0 Å². The fraction of sp³-hybridized carbons (Fsp3) is 0.300. The molecule has 0 radical (unpaired) electrons. The van der Waals surface area contributed by atoms with Crippen molar-refractivity contribution in [1.29, 1.82) is 0 Å². The van der Waals surface area contributed by atoms with E-state index in [1.54, 1.807) is 43.5 Å². The van der Waals surface area contributed by atoms with Crippen LogP contribution in [-0.2, 0) is 4.74 Å². The number of hydrogen-bond acceptors (Lipinski definition) is 5. The molecule has 1 aliphatic heterocycles. The Hall–Kier alpha value is -2.82. The Morgan fingerprint density at radius 2 is 2.00 bits per heavy atom. The zero-order chi connectivity index (χ0) is 17.6. The molecule has 0 bridgehead atoms. The molecule has 1 aliphatic rings. The highest BCUT2D eigenvalue weighted by atomic mass is 16.5. The second-order valence-electron chi connectivity index (χ2n) is 5.94. The summed E-state index contributed by atoms with van der Waals surface area (Å²) in [5.74, 6) is -0.176. The van der Waals surface area contributed by atoms with Gasteiger partial charge in [-0.25, -0.2) is 4.79 Å². The van der Waals surface area contributed by atoms with E-state index in [1.165, 1.54) is 0 Å². The number of phenols is 1. The minimum absolute atomic E-state index is 0.176. The maximum atomic E-state index is 12.0. The van der Waals surface area contributed by atoms with Gasteiger partial charge < -0.3 is 14.7 Å². The fourth-order valence-corrected chi connectivity index (χ4v) is 2.93. The van der Waals surface area contributed by atoms with Gasteiger partial charge in [0, 0.05) is 24.9 Å². The van der Waals surface area contributed by atoms with Gasteiger partial charge in [0.1, 0.15) is 5.75 Å². The molecule has 1 N–H and O–H groups in total. The first-order chi connectivity index (χ1) is 12.2. The highest BCUT2D eigenvalue weighted by Gasteiger charge is 2.17. The van der Waals surface area contributed by atoms with E-state index < -0.39 is 0 Å². The maximum absolute atomic E-state index is 12.0. The lowest BCUT2D eigenvalue weighted by Crippen LogP contribution is -2.18. The second-order valence-corrected chi connectivity index (χ2v) is 5.94. The Balaban J connectivity index is 1.96. The van der Waals surface area contributed by atoms with Crippen LogP contribution in [0.2, 0.25) is 0 Å². The van der Waals surface area contributed by atoms with E-state index in [2.05, 4.69) is 9.89 Å². The Kier molecular flexibility index (Phi) is 5.33. The zero-order valence-corrected chi connectivity index (χ0v) is 14.3. The Morgan fingerprint density at radius 1 is 1.24 bits per heavy atom. The van der Waals surface area contributed by atoms with Crippen molar-refractivity contribution in [3.63, 3.8) is 0 Å². The third-order valence-electron chi connectivity index (χ3n) is 4.21. The molecule has 0 atom stereocenters. The van der Waals surface area contributed by atoms with Gasteiger partial charge in [0.05, 0.1) is 23.5 Å². The standard InChI is InChI=1S/C20H22N2O3/c1-2-25-20(24)15-9-10-18(22-11-5-6-12-22)17(13-15)21-14-16-7-3-4-8-19(16)23/h3-4,7-10,13-14,23H,2,5-6,11-12H2,1H3. The largest absolute Gasteiger partial charge is 0.507 e. The summed E-state index contributed by atoms with van der Waals surface area (Å²) in [5.41, 5.74) is 2.82. The molecule has 0 saturated carbocycles. The van der Waals surface area contributed by atoms with Crippen molar-refractivity contribution < 1.29 is 14.6 Å². The number of rotatable bonds is 5. The van der Waals surface area contributed by atoms with E-state index >= 15 is 0 Å². The van der Waals surface area contributed by atoms with Crippen molar-refractivity contribution in [1.82, 2.24) is 0 Å². The van der Waals surface area contributed by atoms with Crippen molar-refractivity contribution >= 4 is 23.6 Å². The number of hydrogen-bond donors (Lipinski definition) is 1. The van der Waals surface area contributed by atoms with Crippen LogP contribution in [0.15, 0.2) is 47.5 Å². The van der Waals surface area contributed by atoms with Gasteiger partial charge in [-0.1, -0.05) is 12.1 Å². The molecule has 0 unspecified atom stereocenters. The average molecular weight is 338 g/mol. The van der Waals surface area contributed by atoms with Gasteiger partial charge in [-0.2, -0.15) is 0 Å². The van der Waals surface area contributed by atoms with Crippen LogP contribution < -0.4 is 4.90 Å². The lowest BCUT2D eigenvalue weighted by molar-refractivity contribution is 0.0526. The maximum Gasteiger partial charge on any atom is 0.338 e. The Labute approximate surface area is 147 Å². The molecule has 1 fully saturated rings. The fourth-order valence-electron chi connectivity index (χ4n) is 2.93. The van der Waals surface area contributed by atoms with Crippen LogP contribution in [0.5, 0.6) is 5.75 Å². The van der Waals surface area contributed by atoms with Crippen LogP contribution in [0.4, 0.5) is 11.4 Å². The molecule has 3 rings (SSSR count). The number of nitrogens with zero attached hydrogens (tertiary/aromatic N) is 2. The molecule has 2 aromatic rings. The molecule has 1 heterocycles. The van der Waals surface area contributed by atoms with Crippen LogP contribution in [-0.4, -0.2) is 37.0 Å². The molecule has 5 nitrogen and oxygen atoms in total. The number of carbonyl (C=O) groups excluding carboxylic acids is 1. The molecule has 1 saturated heterocycles. The number of benzene rings is 2. The summed E-state index contributed by atoms with van der Waals surface area (Å²) in [6, 6.07) is 12.5.